The van der Waals surface area contributed by atoms with E-state index in [1.54, 1.807) is 0 Å². The van der Waals surface area contributed by atoms with Crippen LogP contribution in [0.15, 0.2) is 30.3 Å². The molecular weight excluding hydrogens is 224 g/mol. The minimum Gasteiger partial charge on any atom is -0.373 e. The van der Waals surface area contributed by atoms with Crippen LogP contribution in [0.25, 0.3) is 0 Å². The number of nitrogens with zero attached hydrogens (tertiary/aromatic N) is 1. The van der Waals surface area contributed by atoms with E-state index in [1.807, 2.05) is 0 Å². The zero-order chi connectivity index (χ0) is 12.4. The van der Waals surface area contributed by atoms with E-state index < -0.39 is 0 Å². The van der Waals surface area contributed by atoms with Crippen LogP contribution in [0.3, 0.4) is 0 Å². The molecule has 2 aliphatic heterocycles. The van der Waals surface area contributed by atoms with E-state index in [9.17, 15) is 0 Å². The van der Waals surface area contributed by atoms with Crippen LogP contribution in [0.1, 0.15) is 24.8 Å². The first-order valence-electron chi connectivity index (χ1n) is 6.92. The average molecular weight is 246 g/mol. The van der Waals surface area contributed by atoms with Crippen molar-refractivity contribution in [3.05, 3.63) is 35.9 Å². The van der Waals surface area contributed by atoms with Crippen molar-refractivity contribution in [2.45, 2.75) is 37.5 Å². The van der Waals surface area contributed by atoms with Crippen LogP contribution >= 0.6 is 0 Å². The third-order valence-corrected chi connectivity index (χ3v) is 4.18. The second kappa shape index (κ2) is 5.00. The van der Waals surface area contributed by atoms with Crippen LogP contribution in [0.5, 0.6) is 0 Å². The standard InChI is InChI=1S/C15H22N2O/c16-14-6-9-18-15(10-14)7-8-17(12-15)11-13-4-2-1-3-5-13/h1-5,14H,6-12,16H2/t14-,15+/m1/s1. The van der Waals surface area contributed by atoms with Crippen molar-refractivity contribution in [1.82, 2.24) is 4.90 Å². The molecule has 2 atom stereocenters. The van der Waals surface area contributed by atoms with Crippen LogP contribution in [0, 0.1) is 0 Å². The molecule has 2 N–H and O–H groups in total. The summed E-state index contributed by atoms with van der Waals surface area (Å²) >= 11 is 0. The van der Waals surface area contributed by atoms with Gasteiger partial charge in [-0.1, -0.05) is 30.3 Å². The van der Waals surface area contributed by atoms with E-state index in [0.29, 0.717) is 6.04 Å². The normalized spacial score (nSPS) is 33.1. The van der Waals surface area contributed by atoms with Gasteiger partial charge >= 0.3 is 0 Å². The molecule has 0 bridgehead atoms. The Kier molecular flexibility index (Phi) is 3.37. The Morgan fingerprint density at radius 1 is 1.33 bits per heavy atom. The lowest BCUT2D eigenvalue weighted by Crippen LogP contribution is -2.46. The number of hydrogen-bond acceptors (Lipinski definition) is 3. The fourth-order valence-electron chi connectivity index (χ4n) is 3.25. The summed E-state index contributed by atoms with van der Waals surface area (Å²) < 4.78 is 6.04. The van der Waals surface area contributed by atoms with Gasteiger partial charge in [-0.2, -0.15) is 0 Å². The molecule has 0 radical (unpaired) electrons. The number of rotatable bonds is 2. The molecule has 0 amide bonds. The van der Waals surface area contributed by atoms with Crippen LogP contribution < -0.4 is 5.73 Å². The van der Waals surface area contributed by atoms with Crippen molar-refractivity contribution in [3.8, 4) is 0 Å². The van der Waals surface area contributed by atoms with Crippen molar-refractivity contribution in [1.29, 1.82) is 0 Å². The lowest BCUT2D eigenvalue weighted by molar-refractivity contribution is -0.0760. The van der Waals surface area contributed by atoms with E-state index in [4.69, 9.17) is 10.5 Å². The van der Waals surface area contributed by atoms with Crippen LogP contribution in [-0.4, -0.2) is 36.2 Å². The second-order valence-electron chi connectivity index (χ2n) is 5.73. The SMILES string of the molecule is N[C@@H]1CCO[C@@]2(CCN(Cc3ccccc3)C2)C1. The van der Waals surface area contributed by atoms with Gasteiger partial charge in [0.25, 0.3) is 0 Å². The summed E-state index contributed by atoms with van der Waals surface area (Å²) in [6.07, 6.45) is 3.17. The van der Waals surface area contributed by atoms with Crippen molar-refractivity contribution >= 4 is 0 Å². The molecule has 2 saturated heterocycles. The van der Waals surface area contributed by atoms with Gasteiger partial charge in [0, 0.05) is 32.3 Å². The summed E-state index contributed by atoms with van der Waals surface area (Å²) in [5.41, 5.74) is 7.52. The highest BCUT2D eigenvalue weighted by atomic mass is 16.5. The van der Waals surface area contributed by atoms with Crippen molar-refractivity contribution in [3.63, 3.8) is 0 Å². The van der Waals surface area contributed by atoms with Gasteiger partial charge in [0.1, 0.15) is 0 Å². The fourth-order valence-corrected chi connectivity index (χ4v) is 3.25. The first-order valence-corrected chi connectivity index (χ1v) is 6.92. The number of benzene rings is 1. The molecule has 1 aromatic carbocycles. The van der Waals surface area contributed by atoms with Gasteiger partial charge in [0.05, 0.1) is 5.60 Å². The molecule has 18 heavy (non-hydrogen) atoms. The molecule has 2 aliphatic rings. The zero-order valence-electron chi connectivity index (χ0n) is 10.8. The summed E-state index contributed by atoms with van der Waals surface area (Å²) in [7, 11) is 0. The number of ether oxygens (including phenoxy) is 1. The monoisotopic (exact) mass is 246 g/mol. The number of hydrogen-bond donors (Lipinski definition) is 1. The second-order valence-corrected chi connectivity index (χ2v) is 5.73. The predicted octanol–water partition coefficient (Wildman–Crippen LogP) is 1.77. The van der Waals surface area contributed by atoms with E-state index in [1.165, 1.54) is 5.56 Å². The molecule has 0 saturated carbocycles. The molecule has 98 valence electrons. The quantitative estimate of drug-likeness (QED) is 0.864. The van der Waals surface area contributed by atoms with E-state index in [0.717, 1.165) is 45.5 Å². The Labute approximate surface area is 109 Å². The van der Waals surface area contributed by atoms with Crippen molar-refractivity contribution in [2.24, 2.45) is 5.73 Å². The van der Waals surface area contributed by atoms with Crippen LogP contribution in [-0.2, 0) is 11.3 Å². The molecule has 3 rings (SSSR count). The molecule has 0 unspecified atom stereocenters. The smallest absolute Gasteiger partial charge is 0.0835 e. The Balaban J connectivity index is 1.61. The maximum Gasteiger partial charge on any atom is 0.0835 e. The van der Waals surface area contributed by atoms with Gasteiger partial charge < -0.3 is 10.5 Å². The summed E-state index contributed by atoms with van der Waals surface area (Å²) in [6, 6.07) is 11.0. The van der Waals surface area contributed by atoms with Gasteiger partial charge in [0.2, 0.25) is 0 Å². The Hall–Kier alpha value is -0.900. The van der Waals surface area contributed by atoms with Crippen molar-refractivity contribution < 1.29 is 4.74 Å². The minimum absolute atomic E-state index is 0.0481. The first kappa shape index (κ1) is 12.2. The highest BCUT2D eigenvalue weighted by molar-refractivity contribution is 5.15. The molecule has 3 heteroatoms. The third kappa shape index (κ3) is 2.58. The number of likely N-dealkylation sites (tertiary alicyclic amines) is 1. The fraction of sp³-hybridized carbons (Fsp3) is 0.600. The summed E-state index contributed by atoms with van der Waals surface area (Å²) in [5.74, 6) is 0. The van der Waals surface area contributed by atoms with E-state index in [2.05, 4.69) is 35.2 Å². The third-order valence-electron chi connectivity index (χ3n) is 4.18. The summed E-state index contributed by atoms with van der Waals surface area (Å²) in [6.45, 7) is 4.03. The molecular formula is C15H22N2O. The maximum absolute atomic E-state index is 6.09. The molecule has 0 aromatic heterocycles. The van der Waals surface area contributed by atoms with Gasteiger partial charge in [-0.25, -0.2) is 0 Å². The highest BCUT2D eigenvalue weighted by Gasteiger charge is 2.42. The Morgan fingerprint density at radius 2 is 2.17 bits per heavy atom. The Bertz CT molecular complexity index is 395. The molecule has 2 heterocycles. The predicted molar refractivity (Wildman–Crippen MR) is 72.2 cm³/mol. The van der Waals surface area contributed by atoms with Gasteiger partial charge in [-0.3, -0.25) is 4.90 Å². The Morgan fingerprint density at radius 3 is 2.94 bits per heavy atom. The lowest BCUT2D eigenvalue weighted by Gasteiger charge is -2.36. The minimum atomic E-state index is 0.0481. The first-order chi connectivity index (χ1) is 8.76. The number of nitrogens with two attached hydrogens (primary N) is 1. The van der Waals surface area contributed by atoms with Crippen molar-refractivity contribution in [2.75, 3.05) is 19.7 Å². The summed E-state index contributed by atoms with van der Waals surface area (Å²) in [4.78, 5) is 2.49. The lowest BCUT2D eigenvalue weighted by atomic mass is 9.90. The highest BCUT2D eigenvalue weighted by Crippen LogP contribution is 2.34. The molecule has 1 aromatic rings. The zero-order valence-corrected chi connectivity index (χ0v) is 10.8. The largest absolute Gasteiger partial charge is 0.373 e. The molecule has 0 aliphatic carbocycles. The molecule has 1 spiro atoms. The van der Waals surface area contributed by atoms with Gasteiger partial charge in [0.15, 0.2) is 0 Å². The van der Waals surface area contributed by atoms with Gasteiger partial charge in [-0.05, 0) is 24.8 Å². The maximum atomic E-state index is 6.09. The summed E-state index contributed by atoms with van der Waals surface area (Å²) in [5, 5.41) is 0. The van der Waals surface area contributed by atoms with E-state index >= 15 is 0 Å². The topological polar surface area (TPSA) is 38.5 Å². The average Bonchev–Trinajstić information content (AvgIpc) is 2.73. The van der Waals surface area contributed by atoms with E-state index in [-0.39, 0.29) is 5.60 Å². The molecule has 3 nitrogen and oxygen atoms in total. The van der Waals surface area contributed by atoms with Crippen LogP contribution in [0.4, 0.5) is 0 Å². The van der Waals surface area contributed by atoms with Crippen LogP contribution in [0.2, 0.25) is 0 Å². The molecule has 2 fully saturated rings. The van der Waals surface area contributed by atoms with Gasteiger partial charge in [-0.15, -0.1) is 0 Å².